The Balaban J connectivity index is 1.64. The molecule has 3 heterocycles. The zero-order chi connectivity index (χ0) is 33.0. The van der Waals surface area contributed by atoms with E-state index in [9.17, 15) is 0 Å². The van der Waals surface area contributed by atoms with Crippen molar-refractivity contribution in [3.05, 3.63) is 77.6 Å². The van der Waals surface area contributed by atoms with Crippen LogP contribution in [0.1, 0.15) is 102 Å². The maximum atomic E-state index is 5.78. The largest absolute Gasteiger partial charge is 0.360 e. The summed E-state index contributed by atoms with van der Waals surface area (Å²) < 4.78 is 4.92. The van der Waals surface area contributed by atoms with E-state index in [4.69, 9.17) is 13.1 Å². The van der Waals surface area contributed by atoms with E-state index in [2.05, 4.69) is 117 Å². The molecular weight excluding hydrogens is 561 g/mol. The van der Waals surface area contributed by atoms with Crippen LogP contribution in [0.2, 0.25) is 0 Å². The van der Waals surface area contributed by atoms with E-state index in [0.717, 1.165) is 25.8 Å². The van der Waals surface area contributed by atoms with Gasteiger partial charge in [-0.15, -0.1) is 6.58 Å². The second-order valence-electron chi connectivity index (χ2n) is 14.1. The summed E-state index contributed by atoms with van der Waals surface area (Å²) in [5, 5.41) is 9.65. The van der Waals surface area contributed by atoms with Crippen molar-refractivity contribution in [2.45, 2.75) is 112 Å². The lowest BCUT2D eigenvalue weighted by atomic mass is 9.92. The van der Waals surface area contributed by atoms with Gasteiger partial charge in [-0.05, 0) is 99.2 Å². The zero-order valence-corrected chi connectivity index (χ0v) is 29.6. The molecule has 2 aromatic carbocycles. The van der Waals surface area contributed by atoms with E-state index in [-0.39, 0.29) is 6.04 Å². The van der Waals surface area contributed by atoms with Crippen molar-refractivity contribution in [1.82, 2.24) is 24.5 Å². The van der Waals surface area contributed by atoms with Crippen LogP contribution >= 0.6 is 0 Å². The second kappa shape index (κ2) is 15.2. The van der Waals surface area contributed by atoms with Crippen molar-refractivity contribution in [2.75, 3.05) is 19.6 Å². The quantitative estimate of drug-likeness (QED) is 0.113. The fourth-order valence-electron chi connectivity index (χ4n) is 7.52. The lowest BCUT2D eigenvalue weighted by Crippen LogP contribution is -2.35. The number of piperidine rings is 1. The molecule has 46 heavy (non-hydrogen) atoms. The van der Waals surface area contributed by atoms with Crippen LogP contribution in [-0.2, 0) is 19.4 Å². The van der Waals surface area contributed by atoms with Crippen molar-refractivity contribution < 1.29 is 0 Å². The maximum absolute atomic E-state index is 5.78. The Bertz CT molecular complexity index is 1620. The van der Waals surface area contributed by atoms with Gasteiger partial charge in [-0.1, -0.05) is 70.5 Å². The van der Waals surface area contributed by atoms with Gasteiger partial charge < -0.3 is 14.7 Å². The van der Waals surface area contributed by atoms with Gasteiger partial charge in [0.05, 0.1) is 17.4 Å². The summed E-state index contributed by atoms with van der Waals surface area (Å²) in [6.45, 7) is 24.5. The fraction of sp³-hybridized carbons (Fsp3) is 0.525. The van der Waals surface area contributed by atoms with Crippen molar-refractivity contribution in [2.24, 2.45) is 5.92 Å². The number of fused-ring (bicyclic) bond motifs is 1. The van der Waals surface area contributed by atoms with Gasteiger partial charge in [0.2, 0.25) is 0 Å². The van der Waals surface area contributed by atoms with Gasteiger partial charge in [0.15, 0.2) is 7.98 Å². The minimum atomic E-state index is 0.0421. The van der Waals surface area contributed by atoms with Crippen LogP contribution in [0, 0.1) is 12.8 Å². The van der Waals surface area contributed by atoms with E-state index in [1.54, 1.807) is 0 Å². The fourth-order valence-corrected chi connectivity index (χ4v) is 7.52. The molecule has 0 amide bonds. The SMILES string of the molecule is [B]NC(C=C)Cc1cc(C)cc(-c2ccc3c(c2)c(CC(C)C)c(-c2cn(C4CCN(CCC)CC4)nc2C(C)CC)n3CC)c1. The number of nitrogens with one attached hydrogen (secondary N) is 1. The summed E-state index contributed by atoms with van der Waals surface area (Å²) in [5.74, 6) is 0.934. The Morgan fingerprint density at radius 2 is 1.78 bits per heavy atom. The first kappa shape index (κ1) is 34.3. The summed E-state index contributed by atoms with van der Waals surface area (Å²) in [7, 11) is 5.78. The standard InChI is InChI=1S/C40H56BN5/c1-9-17-44-18-15-34(16-19-44)46-26-37(39(43-46)29(8)10-2)40-36(20-27(5)6)35-25-31(13-14-38(35)45(40)12-4)32-22-28(7)21-30(23-32)24-33(11-3)42-41/h11,13-14,21-23,25-27,29,33-34,42H,3,9-10,12,15-20,24H2,1-2,4-8H3. The van der Waals surface area contributed by atoms with Crippen LogP contribution in [-0.4, -0.2) is 52.9 Å². The number of nitrogens with zero attached hydrogens (tertiary/aromatic N) is 4. The highest BCUT2D eigenvalue weighted by molar-refractivity contribution is 6.04. The first-order valence-electron chi connectivity index (χ1n) is 17.9. The number of hydrogen-bond donors (Lipinski definition) is 1. The normalized spacial score (nSPS) is 16.0. The summed E-state index contributed by atoms with van der Waals surface area (Å²) in [6, 6.07) is 14.5. The first-order chi connectivity index (χ1) is 22.2. The molecule has 1 fully saturated rings. The summed E-state index contributed by atoms with van der Waals surface area (Å²) in [5.41, 5.74) is 11.8. The van der Waals surface area contributed by atoms with Crippen LogP contribution in [0.15, 0.2) is 55.3 Å². The number of aromatic nitrogens is 3. The van der Waals surface area contributed by atoms with E-state index in [0.29, 0.717) is 17.9 Å². The number of aryl methyl sites for hydroxylation is 2. The highest BCUT2D eigenvalue weighted by atomic mass is 15.3. The lowest BCUT2D eigenvalue weighted by Gasteiger charge is -2.31. The molecule has 5 nitrogen and oxygen atoms in total. The molecule has 0 spiro atoms. The molecule has 2 radical (unpaired) electrons. The zero-order valence-electron chi connectivity index (χ0n) is 29.6. The number of benzene rings is 2. The van der Waals surface area contributed by atoms with Crippen molar-refractivity contribution in [3.63, 3.8) is 0 Å². The molecule has 2 atom stereocenters. The molecule has 1 saturated heterocycles. The van der Waals surface area contributed by atoms with E-state index in [1.807, 2.05) is 6.08 Å². The van der Waals surface area contributed by atoms with E-state index in [1.165, 1.54) is 94.6 Å². The van der Waals surface area contributed by atoms with Gasteiger partial charge in [-0.2, -0.15) is 5.10 Å². The van der Waals surface area contributed by atoms with Gasteiger partial charge in [0.25, 0.3) is 0 Å². The Morgan fingerprint density at radius 3 is 2.41 bits per heavy atom. The van der Waals surface area contributed by atoms with Crippen LogP contribution in [0.4, 0.5) is 0 Å². The van der Waals surface area contributed by atoms with Gasteiger partial charge in [-0.25, -0.2) is 0 Å². The Kier molecular flexibility index (Phi) is 11.3. The van der Waals surface area contributed by atoms with Crippen molar-refractivity contribution in [3.8, 4) is 22.4 Å². The smallest absolute Gasteiger partial charge is 0.178 e. The molecule has 0 bridgehead atoms. The molecule has 4 aromatic rings. The monoisotopic (exact) mass is 617 g/mol. The molecule has 0 saturated carbocycles. The molecule has 6 heteroatoms. The average molecular weight is 618 g/mol. The van der Waals surface area contributed by atoms with Crippen LogP contribution in [0.5, 0.6) is 0 Å². The number of rotatable bonds is 14. The van der Waals surface area contributed by atoms with Crippen LogP contribution in [0.25, 0.3) is 33.3 Å². The molecule has 1 N–H and O–H groups in total. The minimum Gasteiger partial charge on any atom is -0.360 e. The van der Waals surface area contributed by atoms with Gasteiger partial charge >= 0.3 is 0 Å². The minimum absolute atomic E-state index is 0.0421. The Labute approximate surface area is 279 Å². The third-order valence-electron chi connectivity index (χ3n) is 10.1. The van der Waals surface area contributed by atoms with Crippen LogP contribution < -0.4 is 5.23 Å². The Morgan fingerprint density at radius 1 is 1.02 bits per heavy atom. The summed E-state index contributed by atoms with van der Waals surface area (Å²) in [4.78, 5) is 2.62. The van der Waals surface area contributed by atoms with Gasteiger partial charge in [-0.3, -0.25) is 4.68 Å². The third-order valence-corrected chi connectivity index (χ3v) is 10.1. The average Bonchev–Trinajstić information content (AvgIpc) is 3.62. The molecule has 2 aromatic heterocycles. The lowest BCUT2D eigenvalue weighted by molar-refractivity contribution is 0.180. The molecular formula is C40H56BN5. The third kappa shape index (κ3) is 7.24. The molecule has 1 aliphatic rings. The molecule has 2 unspecified atom stereocenters. The highest BCUT2D eigenvalue weighted by Gasteiger charge is 2.28. The highest BCUT2D eigenvalue weighted by Crippen LogP contribution is 2.41. The Hall–Kier alpha value is -3.09. The van der Waals surface area contributed by atoms with Crippen molar-refractivity contribution >= 4 is 18.9 Å². The van der Waals surface area contributed by atoms with Gasteiger partial charge in [0, 0.05) is 54.3 Å². The maximum Gasteiger partial charge on any atom is 0.178 e. The number of likely N-dealkylation sites (tertiary alicyclic amines) is 1. The number of hydrogen-bond acceptors (Lipinski definition) is 3. The molecule has 5 rings (SSSR count). The predicted molar refractivity (Wildman–Crippen MR) is 198 cm³/mol. The first-order valence-corrected chi connectivity index (χ1v) is 17.9. The topological polar surface area (TPSA) is 38.0 Å². The molecule has 1 aliphatic heterocycles. The predicted octanol–water partition coefficient (Wildman–Crippen LogP) is 9.03. The van der Waals surface area contributed by atoms with Crippen LogP contribution in [0.3, 0.4) is 0 Å². The summed E-state index contributed by atoms with van der Waals surface area (Å²) in [6.07, 6.45) is 10.8. The van der Waals surface area contributed by atoms with Crippen molar-refractivity contribution in [1.29, 1.82) is 0 Å². The summed E-state index contributed by atoms with van der Waals surface area (Å²) >= 11 is 0. The molecule has 0 aliphatic carbocycles. The van der Waals surface area contributed by atoms with Gasteiger partial charge in [0.1, 0.15) is 0 Å². The van der Waals surface area contributed by atoms with E-state index < -0.39 is 0 Å². The molecule has 244 valence electrons. The van der Waals surface area contributed by atoms with E-state index >= 15 is 0 Å². The second-order valence-corrected chi connectivity index (χ2v) is 14.1.